The van der Waals surface area contributed by atoms with Gasteiger partial charge >= 0.3 is 0 Å². The van der Waals surface area contributed by atoms with E-state index in [-0.39, 0.29) is 18.6 Å². The topological polar surface area (TPSA) is 86.5 Å². The molecule has 0 spiro atoms. The lowest BCUT2D eigenvalue weighted by atomic mass is 10.0. The lowest BCUT2D eigenvalue weighted by molar-refractivity contribution is 0.0520. The van der Waals surface area contributed by atoms with Crippen LogP contribution in [0.1, 0.15) is 23.0 Å². The fourth-order valence-electron chi connectivity index (χ4n) is 2.96. The molecule has 1 aromatic carbocycles. The van der Waals surface area contributed by atoms with Gasteiger partial charge in [-0.25, -0.2) is 4.98 Å². The van der Waals surface area contributed by atoms with Crippen LogP contribution in [0.2, 0.25) is 0 Å². The van der Waals surface area contributed by atoms with Crippen LogP contribution in [0.15, 0.2) is 42.6 Å². The van der Waals surface area contributed by atoms with E-state index in [2.05, 4.69) is 4.98 Å². The van der Waals surface area contributed by atoms with E-state index in [0.717, 1.165) is 11.1 Å². The van der Waals surface area contributed by atoms with Gasteiger partial charge in [0.2, 0.25) is 0 Å². The zero-order chi connectivity index (χ0) is 17.8. The number of ether oxygens (including phenoxy) is 1. The minimum atomic E-state index is -0.645. The molecule has 2 heterocycles. The summed E-state index contributed by atoms with van der Waals surface area (Å²) in [7, 11) is 0. The molecule has 6 heteroatoms. The Hall–Kier alpha value is -2.75. The van der Waals surface area contributed by atoms with Crippen LogP contribution in [-0.2, 0) is 4.74 Å². The Balaban J connectivity index is 1.78. The van der Waals surface area contributed by atoms with Gasteiger partial charge in [-0.15, -0.1) is 0 Å². The number of aliphatic hydroxyl groups excluding tert-OH is 1. The van der Waals surface area contributed by atoms with Crippen molar-refractivity contribution in [1.82, 2.24) is 9.88 Å². The first-order valence-corrected chi connectivity index (χ1v) is 8.17. The average molecular weight is 337 g/mol. The molecule has 0 bridgehead atoms. The van der Waals surface area contributed by atoms with Crippen LogP contribution in [0.3, 0.4) is 0 Å². The quantitative estimate of drug-likeness (QED) is 0.920. The number of carbonyl (C=O) groups excluding carboxylic acids is 1. The van der Waals surface area contributed by atoms with Crippen LogP contribution < -0.4 is 0 Å². The highest BCUT2D eigenvalue weighted by atomic mass is 16.5. The summed E-state index contributed by atoms with van der Waals surface area (Å²) in [4.78, 5) is 18.5. The number of pyridine rings is 1. The molecule has 6 nitrogen and oxygen atoms in total. The van der Waals surface area contributed by atoms with Crippen molar-refractivity contribution in [3.05, 3.63) is 53.9 Å². The number of nitriles is 1. The predicted molar refractivity (Wildman–Crippen MR) is 91.7 cm³/mol. The second-order valence-electron chi connectivity index (χ2n) is 5.88. The van der Waals surface area contributed by atoms with Crippen LogP contribution in [0.25, 0.3) is 11.1 Å². The molecule has 1 saturated heterocycles. The number of amides is 1. The number of benzene rings is 1. The highest BCUT2D eigenvalue weighted by Crippen LogP contribution is 2.21. The standard InChI is InChI=1S/C19H19N3O3/c1-2-22(17-11-25-12-18(17)23)19(24)14-5-3-13(4-6-14)15-7-8-16(9-20)21-10-15/h3-8,10,17-18,23H,2,11-12H2,1H3/t17-,18-/m0/s1. The summed E-state index contributed by atoms with van der Waals surface area (Å²) >= 11 is 0. The maximum atomic E-state index is 12.8. The smallest absolute Gasteiger partial charge is 0.254 e. The predicted octanol–water partition coefficient (Wildman–Crippen LogP) is 1.84. The molecule has 1 fully saturated rings. The molecule has 0 radical (unpaired) electrons. The van der Waals surface area contributed by atoms with E-state index in [4.69, 9.17) is 10.00 Å². The number of aliphatic hydroxyl groups is 1. The summed E-state index contributed by atoms with van der Waals surface area (Å²) in [6.45, 7) is 3.01. The molecular formula is C19H19N3O3. The molecule has 2 aromatic rings. The van der Waals surface area contributed by atoms with Crippen LogP contribution in [0, 0.1) is 11.3 Å². The molecule has 2 atom stereocenters. The third-order valence-corrected chi connectivity index (χ3v) is 4.37. The molecule has 0 aliphatic carbocycles. The normalized spacial score (nSPS) is 19.4. The SMILES string of the molecule is CCN(C(=O)c1ccc(-c2ccc(C#N)nc2)cc1)[C@H]1COC[C@@H]1O. The van der Waals surface area contributed by atoms with Crippen LogP contribution >= 0.6 is 0 Å². The second kappa shape index (κ2) is 7.43. The maximum absolute atomic E-state index is 12.8. The zero-order valence-electron chi connectivity index (χ0n) is 13.9. The Bertz CT molecular complexity index is 781. The summed E-state index contributed by atoms with van der Waals surface area (Å²) in [5, 5.41) is 18.8. The van der Waals surface area contributed by atoms with Crippen molar-refractivity contribution in [2.75, 3.05) is 19.8 Å². The van der Waals surface area contributed by atoms with E-state index in [9.17, 15) is 9.90 Å². The second-order valence-corrected chi connectivity index (χ2v) is 5.88. The van der Waals surface area contributed by atoms with Crippen LogP contribution in [0.4, 0.5) is 0 Å². The minimum Gasteiger partial charge on any atom is -0.388 e. The van der Waals surface area contributed by atoms with Gasteiger partial charge in [0.05, 0.1) is 25.4 Å². The minimum absolute atomic E-state index is 0.124. The van der Waals surface area contributed by atoms with Gasteiger partial charge < -0.3 is 14.7 Å². The van der Waals surface area contributed by atoms with Gasteiger partial charge in [0.1, 0.15) is 11.8 Å². The number of hydrogen-bond acceptors (Lipinski definition) is 5. The first-order chi connectivity index (χ1) is 12.1. The molecule has 0 saturated carbocycles. The average Bonchev–Trinajstić information content (AvgIpc) is 3.08. The lowest BCUT2D eigenvalue weighted by Gasteiger charge is -2.28. The molecule has 1 amide bonds. The number of rotatable bonds is 4. The number of nitrogens with zero attached hydrogens (tertiary/aromatic N) is 3. The summed E-state index contributed by atoms with van der Waals surface area (Å²) in [6.07, 6.45) is 0.993. The third kappa shape index (κ3) is 3.53. The van der Waals surface area contributed by atoms with E-state index in [1.807, 2.05) is 31.2 Å². The van der Waals surface area contributed by atoms with Crippen molar-refractivity contribution in [3.63, 3.8) is 0 Å². The van der Waals surface area contributed by atoms with Gasteiger partial charge in [-0.3, -0.25) is 4.79 Å². The van der Waals surface area contributed by atoms with Crippen molar-refractivity contribution in [2.24, 2.45) is 0 Å². The molecule has 3 rings (SSSR count). The molecule has 1 aliphatic heterocycles. The number of aromatic nitrogens is 1. The van der Waals surface area contributed by atoms with Gasteiger partial charge in [-0.2, -0.15) is 5.26 Å². The Kier molecular flexibility index (Phi) is 5.08. The first kappa shape index (κ1) is 17.1. The van der Waals surface area contributed by atoms with Crippen LogP contribution in [-0.4, -0.2) is 52.8 Å². The summed E-state index contributed by atoms with van der Waals surface area (Å²) < 4.78 is 5.26. The van der Waals surface area contributed by atoms with Crippen molar-refractivity contribution in [3.8, 4) is 17.2 Å². The zero-order valence-corrected chi connectivity index (χ0v) is 13.9. The Morgan fingerprint density at radius 3 is 2.52 bits per heavy atom. The Morgan fingerprint density at radius 2 is 2.00 bits per heavy atom. The molecule has 1 aliphatic rings. The Labute approximate surface area is 146 Å². The fourth-order valence-corrected chi connectivity index (χ4v) is 2.96. The van der Waals surface area contributed by atoms with Gasteiger partial charge in [0, 0.05) is 23.9 Å². The van der Waals surface area contributed by atoms with Gasteiger partial charge in [-0.1, -0.05) is 12.1 Å². The Morgan fingerprint density at radius 1 is 1.28 bits per heavy atom. The number of carbonyl (C=O) groups is 1. The van der Waals surface area contributed by atoms with E-state index in [1.54, 1.807) is 29.3 Å². The van der Waals surface area contributed by atoms with Gasteiger partial charge in [-0.05, 0) is 36.8 Å². The third-order valence-electron chi connectivity index (χ3n) is 4.37. The lowest BCUT2D eigenvalue weighted by Crippen LogP contribution is -2.46. The van der Waals surface area contributed by atoms with Crippen molar-refractivity contribution in [1.29, 1.82) is 5.26 Å². The molecule has 128 valence electrons. The largest absolute Gasteiger partial charge is 0.388 e. The van der Waals surface area contributed by atoms with Crippen molar-refractivity contribution >= 4 is 5.91 Å². The van der Waals surface area contributed by atoms with Crippen molar-refractivity contribution < 1.29 is 14.6 Å². The van der Waals surface area contributed by atoms with E-state index in [0.29, 0.717) is 24.4 Å². The van der Waals surface area contributed by atoms with Gasteiger partial charge in [0.25, 0.3) is 5.91 Å². The summed E-state index contributed by atoms with van der Waals surface area (Å²) in [5.41, 5.74) is 2.73. The van der Waals surface area contributed by atoms with Crippen molar-refractivity contribution in [2.45, 2.75) is 19.1 Å². The first-order valence-electron chi connectivity index (χ1n) is 8.17. The number of likely N-dealkylation sites (N-methyl/N-ethyl adjacent to an activating group) is 1. The number of hydrogen-bond donors (Lipinski definition) is 1. The van der Waals surface area contributed by atoms with E-state index in [1.165, 1.54) is 0 Å². The summed E-state index contributed by atoms with van der Waals surface area (Å²) in [6, 6.07) is 12.4. The van der Waals surface area contributed by atoms with Crippen LogP contribution in [0.5, 0.6) is 0 Å². The van der Waals surface area contributed by atoms with E-state index < -0.39 is 6.10 Å². The summed E-state index contributed by atoms with van der Waals surface area (Å²) in [5.74, 6) is -0.124. The molecule has 25 heavy (non-hydrogen) atoms. The molecular weight excluding hydrogens is 318 g/mol. The molecule has 1 aromatic heterocycles. The monoisotopic (exact) mass is 337 g/mol. The fraction of sp³-hybridized carbons (Fsp3) is 0.316. The molecule has 0 unspecified atom stereocenters. The highest BCUT2D eigenvalue weighted by molar-refractivity contribution is 5.95. The van der Waals surface area contributed by atoms with Gasteiger partial charge in [0.15, 0.2) is 0 Å². The highest BCUT2D eigenvalue weighted by Gasteiger charge is 2.34. The molecule has 1 N–H and O–H groups in total. The maximum Gasteiger partial charge on any atom is 0.254 e. The van der Waals surface area contributed by atoms with E-state index >= 15 is 0 Å².